The van der Waals surface area contributed by atoms with Gasteiger partial charge in [-0.3, -0.25) is 0 Å². The topological polar surface area (TPSA) is 12.0 Å². The summed E-state index contributed by atoms with van der Waals surface area (Å²) in [5, 5.41) is 3.82. The van der Waals surface area contributed by atoms with E-state index in [0.29, 0.717) is 11.6 Å². The van der Waals surface area contributed by atoms with Crippen LogP contribution in [0.4, 0.5) is 0 Å². The SMILES string of the molecule is CC1CCC(C)(NC(C)C(C)C)CC1. The van der Waals surface area contributed by atoms with Gasteiger partial charge in [-0.15, -0.1) is 0 Å². The van der Waals surface area contributed by atoms with E-state index in [1.54, 1.807) is 0 Å². The Morgan fingerprint density at radius 1 is 1.14 bits per heavy atom. The van der Waals surface area contributed by atoms with E-state index in [1.807, 2.05) is 0 Å². The van der Waals surface area contributed by atoms with Gasteiger partial charge in [-0.2, -0.15) is 0 Å². The standard InChI is InChI=1S/C13H27N/c1-10(2)12(4)14-13(5)8-6-11(3)7-9-13/h10-12,14H,6-9H2,1-5H3. The molecule has 0 bridgehead atoms. The first-order valence-electron chi connectivity index (χ1n) is 6.21. The number of hydrogen-bond acceptors (Lipinski definition) is 1. The van der Waals surface area contributed by atoms with Crippen LogP contribution in [0.3, 0.4) is 0 Å². The zero-order chi connectivity index (χ0) is 10.8. The first-order valence-corrected chi connectivity index (χ1v) is 6.21. The molecule has 1 rings (SSSR count). The molecule has 0 aromatic carbocycles. The van der Waals surface area contributed by atoms with Crippen molar-refractivity contribution in [2.75, 3.05) is 0 Å². The minimum atomic E-state index is 0.413. The van der Waals surface area contributed by atoms with E-state index in [2.05, 4.69) is 39.9 Å². The lowest BCUT2D eigenvalue weighted by atomic mass is 9.77. The zero-order valence-electron chi connectivity index (χ0n) is 10.6. The third kappa shape index (κ3) is 3.27. The molecule has 0 radical (unpaired) electrons. The number of hydrogen-bond donors (Lipinski definition) is 1. The van der Waals surface area contributed by atoms with Crippen LogP contribution < -0.4 is 5.32 Å². The quantitative estimate of drug-likeness (QED) is 0.729. The first-order chi connectivity index (χ1) is 6.43. The molecular weight excluding hydrogens is 170 g/mol. The van der Waals surface area contributed by atoms with Crippen LogP contribution in [0.25, 0.3) is 0 Å². The van der Waals surface area contributed by atoms with E-state index >= 15 is 0 Å². The van der Waals surface area contributed by atoms with Crippen LogP contribution in [-0.2, 0) is 0 Å². The summed E-state index contributed by atoms with van der Waals surface area (Å²) in [5.74, 6) is 1.69. The van der Waals surface area contributed by atoms with Crippen LogP contribution >= 0.6 is 0 Å². The predicted molar refractivity (Wildman–Crippen MR) is 63.5 cm³/mol. The molecule has 0 aliphatic heterocycles. The summed E-state index contributed by atoms with van der Waals surface area (Å²) in [6.07, 6.45) is 5.50. The van der Waals surface area contributed by atoms with Crippen LogP contribution in [-0.4, -0.2) is 11.6 Å². The zero-order valence-corrected chi connectivity index (χ0v) is 10.6. The van der Waals surface area contributed by atoms with Crippen molar-refractivity contribution in [3.63, 3.8) is 0 Å². The fraction of sp³-hybridized carbons (Fsp3) is 1.00. The molecular formula is C13H27N. The molecule has 1 N–H and O–H groups in total. The van der Waals surface area contributed by atoms with Crippen molar-refractivity contribution in [2.24, 2.45) is 11.8 Å². The van der Waals surface area contributed by atoms with E-state index in [0.717, 1.165) is 11.8 Å². The van der Waals surface area contributed by atoms with Crippen LogP contribution in [0.1, 0.15) is 60.3 Å². The molecule has 0 heterocycles. The Morgan fingerprint density at radius 3 is 2.07 bits per heavy atom. The molecule has 1 nitrogen and oxygen atoms in total. The molecule has 0 aromatic heterocycles. The summed E-state index contributed by atoms with van der Waals surface area (Å²) in [4.78, 5) is 0. The molecule has 84 valence electrons. The minimum absolute atomic E-state index is 0.413. The van der Waals surface area contributed by atoms with Gasteiger partial charge in [0.15, 0.2) is 0 Å². The highest BCUT2D eigenvalue weighted by Gasteiger charge is 2.30. The van der Waals surface area contributed by atoms with Gasteiger partial charge < -0.3 is 5.32 Å². The van der Waals surface area contributed by atoms with Gasteiger partial charge in [-0.1, -0.05) is 20.8 Å². The second-order valence-electron chi connectivity index (χ2n) is 5.92. The molecule has 1 fully saturated rings. The van der Waals surface area contributed by atoms with Gasteiger partial charge in [0.25, 0.3) is 0 Å². The van der Waals surface area contributed by atoms with Crippen molar-refractivity contribution in [3.05, 3.63) is 0 Å². The molecule has 0 amide bonds. The number of nitrogens with one attached hydrogen (secondary N) is 1. The highest BCUT2D eigenvalue weighted by molar-refractivity contribution is 4.90. The summed E-state index contributed by atoms with van der Waals surface area (Å²) >= 11 is 0. The maximum absolute atomic E-state index is 3.82. The average Bonchev–Trinajstić information content (AvgIpc) is 2.10. The molecule has 1 atom stereocenters. The molecule has 14 heavy (non-hydrogen) atoms. The fourth-order valence-corrected chi connectivity index (χ4v) is 2.26. The van der Waals surface area contributed by atoms with Crippen molar-refractivity contribution >= 4 is 0 Å². The van der Waals surface area contributed by atoms with Gasteiger partial charge in [0.1, 0.15) is 0 Å². The summed E-state index contributed by atoms with van der Waals surface area (Å²) in [6.45, 7) is 11.7. The highest BCUT2D eigenvalue weighted by Crippen LogP contribution is 2.32. The monoisotopic (exact) mass is 197 g/mol. The maximum atomic E-state index is 3.82. The van der Waals surface area contributed by atoms with Crippen molar-refractivity contribution < 1.29 is 0 Å². The molecule has 1 aliphatic rings. The van der Waals surface area contributed by atoms with Crippen molar-refractivity contribution in [1.82, 2.24) is 5.32 Å². The summed E-state index contributed by atoms with van der Waals surface area (Å²) in [5.41, 5.74) is 0.413. The summed E-state index contributed by atoms with van der Waals surface area (Å²) in [6, 6.07) is 0.647. The second-order valence-corrected chi connectivity index (χ2v) is 5.92. The van der Waals surface area contributed by atoms with Gasteiger partial charge in [0.05, 0.1) is 0 Å². The summed E-state index contributed by atoms with van der Waals surface area (Å²) in [7, 11) is 0. The lowest BCUT2D eigenvalue weighted by molar-refractivity contribution is 0.184. The van der Waals surface area contributed by atoms with Crippen LogP contribution in [0.2, 0.25) is 0 Å². The van der Waals surface area contributed by atoms with E-state index in [9.17, 15) is 0 Å². The van der Waals surface area contributed by atoms with Gasteiger partial charge in [-0.25, -0.2) is 0 Å². The molecule has 0 spiro atoms. The third-order valence-electron chi connectivity index (χ3n) is 3.95. The Morgan fingerprint density at radius 2 is 1.64 bits per heavy atom. The average molecular weight is 197 g/mol. The molecule has 1 saturated carbocycles. The smallest absolute Gasteiger partial charge is 0.0156 e. The van der Waals surface area contributed by atoms with Gasteiger partial charge in [0.2, 0.25) is 0 Å². The molecule has 0 aromatic rings. The van der Waals surface area contributed by atoms with Gasteiger partial charge in [-0.05, 0) is 51.4 Å². The van der Waals surface area contributed by atoms with E-state index < -0.39 is 0 Å². The van der Waals surface area contributed by atoms with E-state index in [4.69, 9.17) is 0 Å². The molecule has 1 heteroatoms. The van der Waals surface area contributed by atoms with Gasteiger partial charge >= 0.3 is 0 Å². The van der Waals surface area contributed by atoms with Crippen LogP contribution in [0, 0.1) is 11.8 Å². The predicted octanol–water partition coefficient (Wildman–Crippen LogP) is 3.59. The largest absolute Gasteiger partial charge is 0.309 e. The lowest BCUT2D eigenvalue weighted by Crippen LogP contribution is -2.50. The Bertz CT molecular complexity index is 166. The highest BCUT2D eigenvalue weighted by atomic mass is 15.0. The molecule has 1 unspecified atom stereocenters. The van der Waals surface area contributed by atoms with Crippen LogP contribution in [0.5, 0.6) is 0 Å². The van der Waals surface area contributed by atoms with E-state index in [1.165, 1.54) is 25.7 Å². The normalized spacial score (nSPS) is 36.0. The Labute approximate surface area is 89.7 Å². The van der Waals surface area contributed by atoms with Gasteiger partial charge in [0, 0.05) is 11.6 Å². The Kier molecular flexibility index (Phi) is 4.00. The van der Waals surface area contributed by atoms with Crippen molar-refractivity contribution in [3.8, 4) is 0 Å². The third-order valence-corrected chi connectivity index (χ3v) is 3.95. The minimum Gasteiger partial charge on any atom is -0.309 e. The maximum Gasteiger partial charge on any atom is 0.0156 e. The second kappa shape index (κ2) is 4.65. The first kappa shape index (κ1) is 12.0. The fourth-order valence-electron chi connectivity index (χ4n) is 2.26. The number of rotatable bonds is 3. The van der Waals surface area contributed by atoms with Crippen molar-refractivity contribution in [1.29, 1.82) is 0 Å². The van der Waals surface area contributed by atoms with E-state index in [-0.39, 0.29) is 0 Å². The molecule has 1 aliphatic carbocycles. The lowest BCUT2D eigenvalue weighted by Gasteiger charge is -2.40. The Balaban J connectivity index is 2.42. The summed E-state index contributed by atoms with van der Waals surface area (Å²) < 4.78 is 0. The Hall–Kier alpha value is -0.0400. The van der Waals surface area contributed by atoms with Crippen LogP contribution in [0.15, 0.2) is 0 Å². The molecule has 0 saturated heterocycles. The van der Waals surface area contributed by atoms with Crippen molar-refractivity contribution in [2.45, 2.75) is 71.9 Å².